The molecule has 0 heterocycles. The third-order valence-electron chi connectivity index (χ3n) is 3.74. The van der Waals surface area contributed by atoms with Gasteiger partial charge in [0.05, 0.1) is 0 Å². The summed E-state index contributed by atoms with van der Waals surface area (Å²) in [6.45, 7) is 3.28. The summed E-state index contributed by atoms with van der Waals surface area (Å²) in [6, 6.07) is 5.30. The molecule has 1 aromatic rings. The Morgan fingerprint density at radius 3 is 3.00 bits per heavy atom. The zero-order chi connectivity index (χ0) is 13.0. The van der Waals surface area contributed by atoms with Crippen LogP contribution in [-0.4, -0.2) is 12.6 Å². The van der Waals surface area contributed by atoms with Gasteiger partial charge in [-0.2, -0.15) is 0 Å². The Labute approximate surface area is 114 Å². The number of nitrogens with one attached hydrogen (secondary N) is 1. The van der Waals surface area contributed by atoms with Crippen LogP contribution in [0.2, 0.25) is 5.02 Å². The van der Waals surface area contributed by atoms with E-state index in [9.17, 15) is 4.39 Å². The molecule has 0 amide bonds. The molecule has 0 spiro atoms. The van der Waals surface area contributed by atoms with E-state index in [-0.39, 0.29) is 5.82 Å². The second-order valence-electron chi connectivity index (χ2n) is 5.27. The Morgan fingerprint density at radius 1 is 1.39 bits per heavy atom. The van der Waals surface area contributed by atoms with Crippen molar-refractivity contribution in [2.45, 2.75) is 45.1 Å². The summed E-state index contributed by atoms with van der Waals surface area (Å²) in [5.74, 6) is 0.451. The molecule has 1 fully saturated rings. The van der Waals surface area contributed by atoms with Crippen molar-refractivity contribution in [3.05, 3.63) is 34.6 Å². The highest BCUT2D eigenvalue weighted by Gasteiger charge is 2.24. The minimum absolute atomic E-state index is 0.187. The molecule has 1 nitrogen and oxygen atoms in total. The summed E-state index contributed by atoms with van der Waals surface area (Å²) in [7, 11) is 0. The number of hydrogen-bond acceptors (Lipinski definition) is 1. The molecule has 3 heteroatoms. The molecule has 1 aliphatic carbocycles. The Balaban J connectivity index is 1.89. The topological polar surface area (TPSA) is 12.0 Å². The van der Waals surface area contributed by atoms with Crippen LogP contribution in [0.5, 0.6) is 0 Å². The van der Waals surface area contributed by atoms with Crippen LogP contribution >= 0.6 is 11.6 Å². The van der Waals surface area contributed by atoms with Gasteiger partial charge in [-0.15, -0.1) is 0 Å². The van der Waals surface area contributed by atoms with Crippen molar-refractivity contribution in [3.63, 3.8) is 0 Å². The van der Waals surface area contributed by atoms with E-state index < -0.39 is 0 Å². The van der Waals surface area contributed by atoms with Crippen molar-refractivity contribution in [2.24, 2.45) is 5.92 Å². The van der Waals surface area contributed by atoms with Crippen LogP contribution in [0.3, 0.4) is 0 Å². The highest BCUT2D eigenvalue weighted by atomic mass is 35.5. The zero-order valence-corrected chi connectivity index (χ0v) is 11.6. The lowest BCUT2D eigenvalue weighted by molar-refractivity contribution is 0.483. The fourth-order valence-corrected chi connectivity index (χ4v) is 3.00. The molecule has 2 atom stereocenters. The Bertz CT molecular complexity index is 394. The smallest absolute Gasteiger partial charge is 0.123 e. The van der Waals surface area contributed by atoms with Crippen LogP contribution in [-0.2, 0) is 6.42 Å². The van der Waals surface area contributed by atoms with Gasteiger partial charge in [0, 0.05) is 11.1 Å². The van der Waals surface area contributed by atoms with Gasteiger partial charge in [0.1, 0.15) is 5.82 Å². The second kappa shape index (κ2) is 6.53. The van der Waals surface area contributed by atoms with E-state index in [1.165, 1.54) is 31.7 Å². The van der Waals surface area contributed by atoms with Crippen LogP contribution in [0.4, 0.5) is 4.39 Å². The van der Waals surface area contributed by atoms with Gasteiger partial charge >= 0.3 is 0 Å². The quantitative estimate of drug-likeness (QED) is 0.845. The number of halogens is 2. The summed E-state index contributed by atoms with van der Waals surface area (Å²) in [4.78, 5) is 0. The van der Waals surface area contributed by atoms with E-state index in [1.807, 2.05) is 0 Å². The monoisotopic (exact) mass is 269 g/mol. The molecule has 1 N–H and O–H groups in total. The van der Waals surface area contributed by atoms with Crippen LogP contribution in [0.1, 0.15) is 38.2 Å². The highest BCUT2D eigenvalue weighted by molar-refractivity contribution is 6.31. The van der Waals surface area contributed by atoms with Gasteiger partial charge in [-0.05, 0) is 68.3 Å². The summed E-state index contributed by atoms with van der Waals surface area (Å²) in [5, 5.41) is 4.26. The second-order valence-corrected chi connectivity index (χ2v) is 5.68. The maximum absolute atomic E-state index is 13.2. The molecule has 1 aliphatic rings. The lowest BCUT2D eigenvalue weighted by Crippen LogP contribution is -2.27. The van der Waals surface area contributed by atoms with Gasteiger partial charge in [0.2, 0.25) is 0 Å². The first-order valence-electron chi connectivity index (χ1n) is 6.86. The lowest BCUT2D eigenvalue weighted by Gasteiger charge is -2.13. The molecule has 0 aromatic heterocycles. The summed E-state index contributed by atoms with van der Waals surface area (Å²) in [5.41, 5.74) is 0.956. The Kier molecular flexibility index (Phi) is 5.02. The molecular weight excluding hydrogens is 249 g/mol. The molecule has 0 radical (unpaired) electrons. The van der Waals surface area contributed by atoms with Gasteiger partial charge < -0.3 is 5.32 Å². The van der Waals surface area contributed by atoms with E-state index >= 15 is 0 Å². The van der Waals surface area contributed by atoms with Crippen molar-refractivity contribution in [2.75, 3.05) is 6.54 Å². The van der Waals surface area contributed by atoms with Crippen molar-refractivity contribution >= 4 is 11.6 Å². The fourth-order valence-electron chi connectivity index (χ4n) is 2.80. The third-order valence-corrected chi connectivity index (χ3v) is 4.11. The summed E-state index contributed by atoms with van der Waals surface area (Å²) in [6.07, 6.45) is 5.72. The van der Waals surface area contributed by atoms with E-state index in [0.29, 0.717) is 17.0 Å². The predicted molar refractivity (Wildman–Crippen MR) is 74.5 cm³/mol. The highest BCUT2D eigenvalue weighted by Crippen LogP contribution is 2.31. The number of rotatable bonds is 5. The third kappa shape index (κ3) is 3.69. The molecule has 100 valence electrons. The molecule has 1 aromatic carbocycles. The average Bonchev–Trinajstić information content (AvgIpc) is 2.79. The standard InChI is InChI=1S/C15H21ClFN/c1-2-7-18-14-5-3-11(9-14)8-12-10-13(17)4-6-15(12)16/h4,6,10-11,14,18H,2-3,5,7-9H2,1H3. The van der Waals surface area contributed by atoms with Crippen molar-refractivity contribution in [1.29, 1.82) is 0 Å². The maximum atomic E-state index is 13.2. The van der Waals surface area contributed by atoms with Crippen LogP contribution in [0.15, 0.2) is 18.2 Å². The minimum atomic E-state index is -0.187. The van der Waals surface area contributed by atoms with Crippen LogP contribution in [0.25, 0.3) is 0 Å². The van der Waals surface area contributed by atoms with Gasteiger partial charge in [0.15, 0.2) is 0 Å². The van der Waals surface area contributed by atoms with Gasteiger partial charge in [-0.25, -0.2) is 4.39 Å². The van der Waals surface area contributed by atoms with Crippen molar-refractivity contribution < 1.29 is 4.39 Å². The van der Waals surface area contributed by atoms with Gasteiger partial charge in [-0.1, -0.05) is 18.5 Å². The van der Waals surface area contributed by atoms with E-state index in [2.05, 4.69) is 12.2 Å². The SMILES string of the molecule is CCCNC1CCC(Cc2cc(F)ccc2Cl)C1. The average molecular weight is 270 g/mol. The number of hydrogen-bond donors (Lipinski definition) is 1. The lowest BCUT2D eigenvalue weighted by atomic mass is 9.97. The molecular formula is C15H21ClFN. The van der Waals surface area contributed by atoms with E-state index in [0.717, 1.165) is 18.5 Å². The van der Waals surface area contributed by atoms with Crippen molar-refractivity contribution in [3.8, 4) is 0 Å². The molecule has 0 bridgehead atoms. The maximum Gasteiger partial charge on any atom is 0.123 e. The molecule has 0 aliphatic heterocycles. The Hall–Kier alpha value is -0.600. The van der Waals surface area contributed by atoms with Gasteiger partial charge in [0.25, 0.3) is 0 Å². The summed E-state index contributed by atoms with van der Waals surface area (Å²) < 4.78 is 13.2. The molecule has 2 rings (SSSR count). The largest absolute Gasteiger partial charge is 0.314 e. The first-order valence-corrected chi connectivity index (χ1v) is 7.24. The molecule has 2 unspecified atom stereocenters. The fraction of sp³-hybridized carbons (Fsp3) is 0.600. The normalized spacial score (nSPS) is 23.5. The number of benzene rings is 1. The minimum Gasteiger partial charge on any atom is -0.314 e. The summed E-state index contributed by atoms with van der Waals surface area (Å²) >= 11 is 6.11. The van der Waals surface area contributed by atoms with Crippen molar-refractivity contribution in [1.82, 2.24) is 5.32 Å². The van der Waals surface area contributed by atoms with Crippen LogP contribution in [0, 0.1) is 11.7 Å². The zero-order valence-electron chi connectivity index (χ0n) is 10.9. The van der Waals surface area contributed by atoms with E-state index in [1.54, 1.807) is 12.1 Å². The molecule has 1 saturated carbocycles. The first kappa shape index (κ1) is 13.8. The van der Waals surface area contributed by atoms with E-state index in [4.69, 9.17) is 11.6 Å². The van der Waals surface area contributed by atoms with Crippen LogP contribution < -0.4 is 5.32 Å². The Morgan fingerprint density at radius 2 is 2.22 bits per heavy atom. The predicted octanol–water partition coefficient (Wildman–Crippen LogP) is 4.19. The molecule has 18 heavy (non-hydrogen) atoms. The first-order chi connectivity index (χ1) is 8.69. The molecule has 0 saturated heterocycles. The van der Waals surface area contributed by atoms with Gasteiger partial charge in [-0.3, -0.25) is 0 Å².